The van der Waals surface area contributed by atoms with Crippen molar-refractivity contribution in [2.24, 2.45) is 0 Å². The number of unbranched alkanes of at least 4 members (excludes halogenated alkanes) is 3. The van der Waals surface area contributed by atoms with Gasteiger partial charge in [-0.1, -0.05) is 12.8 Å². The average Bonchev–Trinajstić information content (AvgIpc) is 3.98. The van der Waals surface area contributed by atoms with Crippen LogP contribution in [0.2, 0.25) is 0 Å². The second kappa shape index (κ2) is 30.2. The number of hydrogen-bond acceptors (Lipinski definition) is 18. The highest BCUT2D eigenvalue weighted by Crippen LogP contribution is 2.41. The molecule has 0 bridgehead atoms. The molecule has 0 radical (unpaired) electrons. The Balaban J connectivity index is 1.48. The number of ether oxygens (including phenoxy) is 4. The normalized spacial score (nSPS) is 13.3. The van der Waals surface area contributed by atoms with Crippen LogP contribution in [-0.4, -0.2) is 148 Å². The number of methoxy groups -OCH3 is 3. The highest BCUT2D eigenvalue weighted by molar-refractivity contribution is 7.51. The first-order chi connectivity index (χ1) is 32.0. The number of nitrogens with one attached hydrogen (secondary N) is 5. The number of anilines is 3. The van der Waals surface area contributed by atoms with Gasteiger partial charge in [-0.3, -0.25) is 29.1 Å². The van der Waals surface area contributed by atoms with Crippen molar-refractivity contribution in [3.8, 4) is 0 Å². The number of rotatable bonds is 36. The Labute approximate surface area is 389 Å². The van der Waals surface area contributed by atoms with E-state index in [-0.39, 0.29) is 87.7 Å². The first-order valence-electron chi connectivity index (χ1n) is 21.4. The standard InChI is InChI=1S/C40H67N9O16P2/c1-46(2)14-10-11-37(51)43-31-21-35(48(24-31)29-60-4)39(53)45-33-23-36(49(26-33)30-61-5)40(54)44-32-22-34(47(25-32)28-59-3)38(52)42-13-16-62-17-18-63-67(57,58)64-19-20-66(55,56)65-27-41-12-8-6-7-9-15-50/h21-26,41,50H,6-20,27-30H2,1-5H3,(H,42,52)(H,43,51)(H,44,54)(H,45,53)(H,55,56)(H,57,58)/p-2. The van der Waals surface area contributed by atoms with Crippen LogP contribution in [0.4, 0.5) is 17.1 Å². The van der Waals surface area contributed by atoms with E-state index in [1.165, 1.54) is 65.6 Å². The van der Waals surface area contributed by atoms with E-state index in [4.69, 9.17) is 33.1 Å². The Kier molecular flexibility index (Phi) is 25.7. The minimum Gasteiger partial charge on any atom is -0.778 e. The molecule has 3 heterocycles. The Hall–Kier alpha value is -4.30. The van der Waals surface area contributed by atoms with Crippen molar-refractivity contribution in [3.05, 3.63) is 53.9 Å². The van der Waals surface area contributed by atoms with Crippen LogP contribution in [0.1, 0.15) is 70.0 Å². The molecule has 0 aromatic carbocycles. The molecular weight excluding hydrogens is 924 g/mol. The zero-order chi connectivity index (χ0) is 49.2. The van der Waals surface area contributed by atoms with E-state index >= 15 is 0 Å². The SMILES string of the molecule is COCn1cc(NC(=O)c2cc(NC(=O)c3cc(NC(=O)CCCN(C)C)cn3COC)cn2COC)cc1C(=O)NCCOCCOP(=O)([O-])OCCP(=O)([O-])OCNCCCCCCO. The van der Waals surface area contributed by atoms with E-state index in [0.717, 1.165) is 25.8 Å². The minimum atomic E-state index is -4.85. The number of hydrogen-bond donors (Lipinski definition) is 6. The summed E-state index contributed by atoms with van der Waals surface area (Å²) in [5.74, 6) is -1.87. The van der Waals surface area contributed by atoms with Crippen molar-refractivity contribution in [1.29, 1.82) is 0 Å². The number of aromatic nitrogens is 3. The van der Waals surface area contributed by atoms with Crippen molar-refractivity contribution in [2.75, 3.05) is 117 Å². The molecule has 0 saturated heterocycles. The van der Waals surface area contributed by atoms with Gasteiger partial charge in [0, 0.05) is 65.7 Å². The van der Waals surface area contributed by atoms with Crippen LogP contribution < -0.4 is 36.4 Å². The largest absolute Gasteiger partial charge is 0.778 e. The number of aliphatic hydroxyl groups excluding tert-OH is 1. The van der Waals surface area contributed by atoms with Gasteiger partial charge in [-0.15, -0.1) is 0 Å². The highest BCUT2D eigenvalue weighted by Gasteiger charge is 2.21. The lowest BCUT2D eigenvalue weighted by Gasteiger charge is -2.26. The van der Waals surface area contributed by atoms with Crippen LogP contribution in [0.5, 0.6) is 0 Å². The van der Waals surface area contributed by atoms with Gasteiger partial charge in [0.2, 0.25) is 5.91 Å². The fourth-order valence-electron chi connectivity index (χ4n) is 6.15. The van der Waals surface area contributed by atoms with Crippen molar-refractivity contribution in [1.82, 2.24) is 29.2 Å². The molecule has 0 aliphatic heterocycles. The lowest BCUT2D eigenvalue weighted by molar-refractivity contribution is -0.226. The van der Waals surface area contributed by atoms with Crippen LogP contribution in [0, 0.1) is 0 Å². The van der Waals surface area contributed by atoms with E-state index in [1.807, 2.05) is 19.0 Å². The quantitative estimate of drug-likeness (QED) is 0.0274. The molecule has 3 rings (SSSR count). The van der Waals surface area contributed by atoms with Gasteiger partial charge in [0.25, 0.3) is 25.5 Å². The number of carbonyl (C=O) groups is 4. The summed E-state index contributed by atoms with van der Waals surface area (Å²) in [7, 11) is -1.04. The summed E-state index contributed by atoms with van der Waals surface area (Å²) >= 11 is 0. The molecule has 0 aliphatic rings. The van der Waals surface area contributed by atoms with Gasteiger partial charge >= 0.3 is 0 Å². The maximum Gasteiger partial charge on any atom is 0.272 e. The predicted molar refractivity (Wildman–Crippen MR) is 241 cm³/mol. The van der Waals surface area contributed by atoms with Gasteiger partial charge in [0.1, 0.15) is 51.6 Å². The van der Waals surface area contributed by atoms with Crippen LogP contribution in [-0.2, 0) is 66.6 Å². The van der Waals surface area contributed by atoms with Crippen molar-refractivity contribution in [3.63, 3.8) is 0 Å². The minimum absolute atomic E-state index is 0.00378. The third-order valence-electron chi connectivity index (χ3n) is 9.25. The molecule has 0 aliphatic carbocycles. The topological polar surface area (TPSA) is 312 Å². The summed E-state index contributed by atoms with van der Waals surface area (Å²) in [6.45, 7) is -0.317. The Bertz CT molecular complexity index is 2090. The number of phosphoric acid groups is 1. The summed E-state index contributed by atoms with van der Waals surface area (Å²) in [5, 5.41) is 22.6. The maximum atomic E-state index is 13.6. The molecule has 27 heteroatoms. The molecule has 378 valence electrons. The van der Waals surface area contributed by atoms with Crippen molar-refractivity contribution < 1.29 is 75.7 Å². The number of aliphatic hydroxyl groups is 1. The van der Waals surface area contributed by atoms with E-state index < -0.39 is 52.5 Å². The Morgan fingerprint density at radius 3 is 1.72 bits per heavy atom. The van der Waals surface area contributed by atoms with E-state index in [0.29, 0.717) is 31.5 Å². The summed E-state index contributed by atoms with van der Waals surface area (Å²) in [6, 6.07) is 4.41. The van der Waals surface area contributed by atoms with Crippen molar-refractivity contribution >= 4 is 56.1 Å². The molecule has 6 N–H and O–H groups in total. The van der Waals surface area contributed by atoms with Gasteiger partial charge in [-0.25, -0.2) is 0 Å². The third-order valence-corrected chi connectivity index (χ3v) is 11.5. The fraction of sp³-hybridized carbons (Fsp3) is 0.600. The summed E-state index contributed by atoms with van der Waals surface area (Å²) in [6.07, 6.45) is 8.08. The fourth-order valence-corrected chi connectivity index (χ4v) is 7.71. The van der Waals surface area contributed by atoms with Gasteiger partial charge in [-0.05, 0) is 64.6 Å². The summed E-state index contributed by atoms with van der Waals surface area (Å²) < 4.78 is 63.8. The van der Waals surface area contributed by atoms with Crippen LogP contribution in [0.25, 0.3) is 0 Å². The smallest absolute Gasteiger partial charge is 0.272 e. The van der Waals surface area contributed by atoms with Crippen molar-refractivity contribution in [2.45, 2.75) is 58.7 Å². The predicted octanol–water partition coefficient (Wildman–Crippen LogP) is 1.61. The molecule has 3 aromatic heterocycles. The lowest BCUT2D eigenvalue weighted by Crippen LogP contribution is -2.29. The Morgan fingerprint density at radius 1 is 0.657 bits per heavy atom. The zero-order valence-corrected chi connectivity index (χ0v) is 40.4. The monoisotopic (exact) mass is 989 g/mol. The molecule has 0 saturated carbocycles. The van der Waals surface area contributed by atoms with Gasteiger partial charge < -0.3 is 91.8 Å². The van der Waals surface area contributed by atoms with Crippen LogP contribution in [0.3, 0.4) is 0 Å². The molecule has 67 heavy (non-hydrogen) atoms. The first kappa shape index (κ1) is 57.0. The second-order valence-corrected chi connectivity index (χ2v) is 18.4. The maximum absolute atomic E-state index is 13.6. The van der Waals surface area contributed by atoms with Crippen LogP contribution >= 0.6 is 15.4 Å². The molecular formula is C40H65N9O16P2-2. The second-order valence-electron chi connectivity index (χ2n) is 15.1. The highest BCUT2D eigenvalue weighted by atomic mass is 31.2. The third kappa shape index (κ3) is 21.7. The summed E-state index contributed by atoms with van der Waals surface area (Å²) in [4.78, 5) is 78.8. The number of phosphoric ester groups is 1. The molecule has 4 amide bonds. The molecule has 25 nitrogen and oxygen atoms in total. The number of carbonyl (C=O) groups excluding carboxylic acids is 4. The lowest BCUT2D eigenvalue weighted by atomic mass is 10.2. The number of nitrogens with zero attached hydrogens (tertiary/aromatic N) is 4. The molecule has 0 fully saturated rings. The molecule has 3 aromatic rings. The number of amides is 4. The molecule has 2 unspecified atom stereocenters. The van der Waals surface area contributed by atoms with Crippen LogP contribution in [0.15, 0.2) is 36.8 Å². The zero-order valence-electron chi connectivity index (χ0n) is 38.7. The van der Waals surface area contributed by atoms with Gasteiger partial charge in [0.05, 0.1) is 43.5 Å². The molecule has 2 atom stereocenters. The van der Waals surface area contributed by atoms with E-state index in [2.05, 4.69) is 31.1 Å². The first-order valence-corrected chi connectivity index (χ1v) is 24.6. The van der Waals surface area contributed by atoms with Gasteiger partial charge in [0.15, 0.2) is 0 Å². The molecule has 0 spiro atoms. The van der Waals surface area contributed by atoms with E-state index in [9.17, 15) is 38.1 Å². The Morgan fingerprint density at radius 2 is 1.18 bits per heavy atom. The average molecular weight is 990 g/mol. The van der Waals surface area contributed by atoms with E-state index in [1.54, 1.807) is 6.20 Å². The van der Waals surface area contributed by atoms with Gasteiger partial charge in [-0.2, -0.15) is 0 Å². The summed E-state index contributed by atoms with van der Waals surface area (Å²) in [5.41, 5.74) is 1.36.